The van der Waals surface area contributed by atoms with E-state index < -0.39 is 0 Å². The van der Waals surface area contributed by atoms with Gasteiger partial charge in [-0.1, -0.05) is 43.5 Å². The highest BCUT2D eigenvalue weighted by atomic mass is 14.9. The van der Waals surface area contributed by atoms with Crippen LogP contribution in [0.5, 0.6) is 0 Å². The normalized spacial score (nSPS) is 18.6. The summed E-state index contributed by atoms with van der Waals surface area (Å²) in [7, 11) is 2.07. The molecule has 100 valence electrons. The van der Waals surface area contributed by atoms with E-state index in [1.165, 1.54) is 48.6 Å². The number of hydrogen-bond donors (Lipinski definition) is 1. The molecule has 19 heavy (non-hydrogen) atoms. The molecule has 1 aliphatic rings. The van der Waals surface area contributed by atoms with Crippen LogP contribution in [0, 0.1) is 5.92 Å². The average molecular weight is 254 g/mol. The number of nitrogens with one attached hydrogen (secondary N) is 1. The second-order valence-corrected chi connectivity index (χ2v) is 5.58. The van der Waals surface area contributed by atoms with Crippen molar-refractivity contribution in [3.05, 3.63) is 42.2 Å². The fourth-order valence-corrected chi connectivity index (χ4v) is 3.45. The predicted molar refractivity (Wildman–Crippen MR) is 80.1 cm³/mol. The van der Waals surface area contributed by atoms with Crippen LogP contribution in [0.25, 0.3) is 10.8 Å². The summed E-state index contributed by atoms with van der Waals surface area (Å²) < 4.78 is 0. The molecule has 0 bridgehead atoms. The Balaban J connectivity index is 2.00. The Kier molecular flexibility index (Phi) is 3.79. The molecule has 0 amide bonds. The summed E-state index contributed by atoms with van der Waals surface area (Å²) >= 11 is 0. The van der Waals surface area contributed by atoms with E-state index in [1.54, 1.807) is 0 Å². The lowest BCUT2D eigenvalue weighted by molar-refractivity contribution is 0.279. The maximum atomic E-state index is 4.69. The highest BCUT2D eigenvalue weighted by molar-refractivity contribution is 5.84. The molecule has 3 rings (SSSR count). The first-order chi connectivity index (χ1) is 9.40. The summed E-state index contributed by atoms with van der Waals surface area (Å²) in [5.41, 5.74) is 1.23. The third kappa shape index (κ3) is 2.50. The lowest BCUT2D eigenvalue weighted by atomic mass is 9.82. The SMILES string of the molecule is CNC(c1nccc2ccccc12)C1CCCCC1. The minimum atomic E-state index is 0.395. The first kappa shape index (κ1) is 12.6. The van der Waals surface area contributed by atoms with Crippen molar-refractivity contribution in [3.8, 4) is 0 Å². The molecule has 1 N–H and O–H groups in total. The van der Waals surface area contributed by atoms with Crippen molar-refractivity contribution in [2.75, 3.05) is 7.05 Å². The van der Waals surface area contributed by atoms with Crippen LogP contribution in [-0.4, -0.2) is 12.0 Å². The molecule has 2 heteroatoms. The summed E-state index contributed by atoms with van der Waals surface area (Å²) in [5.74, 6) is 0.733. The minimum absolute atomic E-state index is 0.395. The van der Waals surface area contributed by atoms with Crippen molar-refractivity contribution in [2.45, 2.75) is 38.1 Å². The van der Waals surface area contributed by atoms with Gasteiger partial charge < -0.3 is 5.32 Å². The molecule has 1 unspecified atom stereocenters. The van der Waals surface area contributed by atoms with Gasteiger partial charge in [-0.15, -0.1) is 0 Å². The summed E-state index contributed by atoms with van der Waals surface area (Å²) in [6, 6.07) is 11.1. The van der Waals surface area contributed by atoms with Gasteiger partial charge in [-0.3, -0.25) is 4.98 Å². The fourth-order valence-electron chi connectivity index (χ4n) is 3.45. The maximum absolute atomic E-state index is 4.69. The molecule has 1 atom stereocenters. The predicted octanol–water partition coefficient (Wildman–Crippen LogP) is 4.08. The van der Waals surface area contributed by atoms with Gasteiger partial charge >= 0.3 is 0 Å². The Hall–Kier alpha value is -1.41. The fraction of sp³-hybridized carbons (Fsp3) is 0.471. The van der Waals surface area contributed by atoms with Crippen molar-refractivity contribution in [1.82, 2.24) is 10.3 Å². The quantitative estimate of drug-likeness (QED) is 0.893. The zero-order chi connectivity index (χ0) is 13.1. The molecule has 0 saturated heterocycles. The van der Waals surface area contributed by atoms with Crippen LogP contribution < -0.4 is 5.32 Å². The van der Waals surface area contributed by atoms with Gasteiger partial charge in [-0.2, -0.15) is 0 Å². The Morgan fingerprint density at radius 1 is 1.11 bits per heavy atom. The van der Waals surface area contributed by atoms with Gasteiger partial charge in [0.2, 0.25) is 0 Å². The summed E-state index contributed by atoms with van der Waals surface area (Å²) in [5, 5.41) is 6.11. The standard InChI is InChI=1S/C17H22N2/c1-18-16(14-8-3-2-4-9-14)17-15-10-6-5-7-13(15)11-12-19-17/h5-7,10-12,14,16,18H,2-4,8-9H2,1H3. The molecule has 2 nitrogen and oxygen atoms in total. The highest BCUT2D eigenvalue weighted by Crippen LogP contribution is 2.35. The van der Waals surface area contributed by atoms with E-state index in [1.807, 2.05) is 6.20 Å². The van der Waals surface area contributed by atoms with E-state index >= 15 is 0 Å². The van der Waals surface area contributed by atoms with Crippen LogP contribution in [0.4, 0.5) is 0 Å². The molecule has 1 aromatic carbocycles. The van der Waals surface area contributed by atoms with E-state index in [-0.39, 0.29) is 0 Å². The van der Waals surface area contributed by atoms with Crippen molar-refractivity contribution in [3.63, 3.8) is 0 Å². The first-order valence-electron chi connectivity index (χ1n) is 7.41. The molecule has 1 heterocycles. The minimum Gasteiger partial charge on any atom is -0.311 e. The van der Waals surface area contributed by atoms with Gasteiger partial charge in [-0.05, 0) is 37.3 Å². The molecule has 0 aliphatic heterocycles. The van der Waals surface area contributed by atoms with Gasteiger partial charge in [0.25, 0.3) is 0 Å². The van der Waals surface area contributed by atoms with Crippen LogP contribution in [0.2, 0.25) is 0 Å². The summed E-state index contributed by atoms with van der Waals surface area (Å²) in [4.78, 5) is 4.69. The monoisotopic (exact) mass is 254 g/mol. The number of nitrogens with zero attached hydrogens (tertiary/aromatic N) is 1. The molecule has 1 aromatic heterocycles. The van der Waals surface area contributed by atoms with Crippen molar-refractivity contribution >= 4 is 10.8 Å². The van der Waals surface area contributed by atoms with Gasteiger partial charge in [0.15, 0.2) is 0 Å². The molecular weight excluding hydrogens is 232 g/mol. The lowest BCUT2D eigenvalue weighted by Gasteiger charge is -2.30. The van der Waals surface area contributed by atoms with Crippen molar-refractivity contribution in [1.29, 1.82) is 0 Å². The Morgan fingerprint density at radius 2 is 1.89 bits per heavy atom. The van der Waals surface area contributed by atoms with Crippen LogP contribution >= 0.6 is 0 Å². The third-order valence-corrected chi connectivity index (χ3v) is 4.43. The third-order valence-electron chi connectivity index (χ3n) is 4.43. The highest BCUT2D eigenvalue weighted by Gasteiger charge is 2.25. The number of rotatable bonds is 3. The first-order valence-corrected chi connectivity index (χ1v) is 7.41. The van der Waals surface area contributed by atoms with Gasteiger partial charge in [0.05, 0.1) is 11.7 Å². The number of fused-ring (bicyclic) bond motifs is 1. The molecule has 0 radical (unpaired) electrons. The second-order valence-electron chi connectivity index (χ2n) is 5.58. The smallest absolute Gasteiger partial charge is 0.0654 e. The van der Waals surface area contributed by atoms with E-state index in [4.69, 9.17) is 4.98 Å². The van der Waals surface area contributed by atoms with E-state index in [9.17, 15) is 0 Å². The van der Waals surface area contributed by atoms with Gasteiger partial charge in [0, 0.05) is 11.6 Å². The van der Waals surface area contributed by atoms with Gasteiger partial charge in [-0.25, -0.2) is 0 Å². The van der Waals surface area contributed by atoms with Crippen LogP contribution in [0.15, 0.2) is 36.5 Å². The van der Waals surface area contributed by atoms with E-state index in [0.717, 1.165) is 5.92 Å². The molecule has 1 aliphatic carbocycles. The van der Waals surface area contributed by atoms with E-state index in [0.29, 0.717) is 6.04 Å². The van der Waals surface area contributed by atoms with Crippen LogP contribution in [0.1, 0.15) is 43.8 Å². The van der Waals surface area contributed by atoms with E-state index in [2.05, 4.69) is 42.7 Å². The van der Waals surface area contributed by atoms with Crippen LogP contribution in [0.3, 0.4) is 0 Å². The van der Waals surface area contributed by atoms with Gasteiger partial charge in [0.1, 0.15) is 0 Å². The maximum Gasteiger partial charge on any atom is 0.0654 e. The lowest BCUT2D eigenvalue weighted by Crippen LogP contribution is -2.27. The van der Waals surface area contributed by atoms with Crippen LogP contribution in [-0.2, 0) is 0 Å². The zero-order valence-corrected chi connectivity index (χ0v) is 11.6. The number of hydrogen-bond acceptors (Lipinski definition) is 2. The van der Waals surface area contributed by atoms with Crippen molar-refractivity contribution < 1.29 is 0 Å². The number of benzene rings is 1. The topological polar surface area (TPSA) is 24.9 Å². The Labute approximate surface area is 115 Å². The zero-order valence-electron chi connectivity index (χ0n) is 11.6. The Bertz CT molecular complexity index is 538. The molecule has 1 fully saturated rings. The molecule has 1 saturated carbocycles. The second kappa shape index (κ2) is 5.70. The molecule has 2 aromatic rings. The average Bonchev–Trinajstić information content (AvgIpc) is 2.49. The molecule has 0 spiro atoms. The molecular formula is C17H22N2. The summed E-state index contributed by atoms with van der Waals surface area (Å²) in [6.07, 6.45) is 8.74. The number of pyridine rings is 1. The number of aromatic nitrogens is 1. The van der Waals surface area contributed by atoms with Crippen molar-refractivity contribution in [2.24, 2.45) is 5.92 Å². The summed E-state index contributed by atoms with van der Waals surface area (Å²) in [6.45, 7) is 0. The largest absolute Gasteiger partial charge is 0.311 e. The Morgan fingerprint density at radius 3 is 2.68 bits per heavy atom.